The number of nitrogens with two attached hydrogens (primary N) is 1. The lowest BCUT2D eigenvalue weighted by molar-refractivity contribution is -0.201. The third-order valence-corrected chi connectivity index (χ3v) is 2.04. The van der Waals surface area contributed by atoms with Gasteiger partial charge in [0.25, 0.3) is 5.91 Å². The average Bonchev–Trinajstić information content (AvgIpc) is 2.54. The number of amides is 1. The lowest BCUT2D eigenvalue weighted by Gasteiger charge is -2.14. The molecule has 0 aliphatic carbocycles. The van der Waals surface area contributed by atoms with E-state index in [-0.39, 0.29) is 11.4 Å². The molecule has 1 amide bonds. The molecule has 0 saturated heterocycles. The molecular formula is C8H11F3N4O2. The van der Waals surface area contributed by atoms with E-state index in [1.807, 2.05) is 5.32 Å². The van der Waals surface area contributed by atoms with Gasteiger partial charge in [0.1, 0.15) is 0 Å². The Morgan fingerprint density at radius 2 is 2.24 bits per heavy atom. The number of aliphatic hydroxyl groups is 1. The molecule has 1 aromatic heterocycles. The first kappa shape index (κ1) is 13.3. The minimum absolute atomic E-state index is 0.0593. The van der Waals surface area contributed by atoms with Crippen LogP contribution in [0.2, 0.25) is 0 Å². The van der Waals surface area contributed by atoms with Crippen molar-refractivity contribution in [1.29, 1.82) is 0 Å². The van der Waals surface area contributed by atoms with Crippen molar-refractivity contribution in [3.8, 4) is 0 Å². The van der Waals surface area contributed by atoms with Crippen LogP contribution in [0.1, 0.15) is 16.2 Å². The number of aryl methyl sites for hydroxylation is 1. The van der Waals surface area contributed by atoms with E-state index in [0.717, 1.165) is 0 Å². The summed E-state index contributed by atoms with van der Waals surface area (Å²) in [5.74, 6) is -0.879. The van der Waals surface area contributed by atoms with Gasteiger partial charge < -0.3 is 16.2 Å². The zero-order valence-corrected chi connectivity index (χ0v) is 8.80. The van der Waals surface area contributed by atoms with Crippen LogP contribution in [0.15, 0.2) is 0 Å². The fourth-order valence-corrected chi connectivity index (χ4v) is 1.000. The number of alkyl halides is 3. The van der Waals surface area contributed by atoms with E-state index < -0.39 is 24.7 Å². The summed E-state index contributed by atoms with van der Waals surface area (Å²) >= 11 is 0. The first-order valence-electron chi connectivity index (χ1n) is 4.57. The lowest BCUT2D eigenvalue weighted by Crippen LogP contribution is -2.40. The molecule has 1 rings (SSSR count). The maximum absolute atomic E-state index is 11.9. The summed E-state index contributed by atoms with van der Waals surface area (Å²) in [7, 11) is 0. The van der Waals surface area contributed by atoms with Gasteiger partial charge in [0.05, 0.1) is 17.9 Å². The molecule has 0 saturated carbocycles. The van der Waals surface area contributed by atoms with Gasteiger partial charge in [-0.1, -0.05) is 0 Å². The minimum Gasteiger partial charge on any atom is -0.395 e. The van der Waals surface area contributed by atoms with Gasteiger partial charge >= 0.3 is 6.18 Å². The number of nitrogens with zero attached hydrogens (tertiary/aromatic N) is 1. The highest BCUT2D eigenvalue weighted by Gasteiger charge is 2.38. The lowest BCUT2D eigenvalue weighted by atomic mass is 10.3. The Hall–Kier alpha value is -1.77. The van der Waals surface area contributed by atoms with Gasteiger partial charge in [-0.15, -0.1) is 0 Å². The summed E-state index contributed by atoms with van der Waals surface area (Å²) in [4.78, 5) is 11.4. The van der Waals surface area contributed by atoms with Crippen LogP contribution in [0.3, 0.4) is 0 Å². The number of aromatic nitrogens is 2. The highest BCUT2D eigenvalue weighted by atomic mass is 19.4. The molecule has 0 bridgehead atoms. The van der Waals surface area contributed by atoms with E-state index in [2.05, 4.69) is 10.2 Å². The molecule has 1 aromatic rings. The second-order valence-electron chi connectivity index (χ2n) is 3.38. The Morgan fingerprint density at radius 3 is 2.65 bits per heavy atom. The monoisotopic (exact) mass is 252 g/mol. The van der Waals surface area contributed by atoms with Crippen molar-refractivity contribution in [2.75, 3.05) is 12.3 Å². The topological polar surface area (TPSA) is 104 Å². The molecule has 6 nitrogen and oxygen atoms in total. The highest BCUT2D eigenvalue weighted by molar-refractivity contribution is 5.97. The summed E-state index contributed by atoms with van der Waals surface area (Å²) in [6, 6.07) is 0. The number of carbonyl (C=O) groups excluding carboxylic acids is 1. The molecule has 0 aromatic carbocycles. The number of aliphatic hydroxyl groups excluding tert-OH is 1. The van der Waals surface area contributed by atoms with Gasteiger partial charge in [0, 0.05) is 0 Å². The van der Waals surface area contributed by atoms with E-state index in [4.69, 9.17) is 10.8 Å². The first-order valence-corrected chi connectivity index (χ1v) is 4.57. The molecule has 0 fully saturated rings. The number of hydrogen-bond donors (Lipinski definition) is 4. The van der Waals surface area contributed by atoms with Gasteiger partial charge in [-0.25, -0.2) is 0 Å². The van der Waals surface area contributed by atoms with Crippen LogP contribution in [0.25, 0.3) is 0 Å². The minimum atomic E-state index is -4.78. The number of nitrogen functional groups attached to an aromatic ring is 1. The van der Waals surface area contributed by atoms with Crippen molar-refractivity contribution in [1.82, 2.24) is 15.5 Å². The van der Waals surface area contributed by atoms with Crippen LogP contribution < -0.4 is 11.1 Å². The molecule has 0 aliphatic rings. The molecule has 1 heterocycles. The zero-order chi connectivity index (χ0) is 13.2. The van der Waals surface area contributed by atoms with Gasteiger partial charge in [-0.2, -0.15) is 18.3 Å². The number of rotatable bonds is 3. The van der Waals surface area contributed by atoms with Crippen LogP contribution >= 0.6 is 0 Å². The van der Waals surface area contributed by atoms with Crippen molar-refractivity contribution < 1.29 is 23.1 Å². The standard InChI is InChI=1S/C8H11F3N4O2/c1-3-5(12)6(15-14-3)7(17)13-2-4(16)8(9,10)11/h4,16H,2,12H2,1H3,(H,13,17)(H,14,15). The molecule has 1 atom stereocenters. The summed E-state index contributed by atoms with van der Waals surface area (Å²) in [5, 5.41) is 16.5. The molecule has 5 N–H and O–H groups in total. The fraction of sp³-hybridized carbons (Fsp3) is 0.500. The van der Waals surface area contributed by atoms with E-state index in [1.165, 1.54) is 0 Å². The van der Waals surface area contributed by atoms with Crippen molar-refractivity contribution in [2.24, 2.45) is 0 Å². The van der Waals surface area contributed by atoms with Gasteiger partial charge in [-0.3, -0.25) is 9.89 Å². The maximum atomic E-state index is 11.9. The van der Waals surface area contributed by atoms with Crippen molar-refractivity contribution >= 4 is 11.6 Å². The van der Waals surface area contributed by atoms with Crippen LogP contribution in [-0.4, -0.2) is 40.0 Å². The Labute approximate surface area is 94.0 Å². The first-order chi connectivity index (χ1) is 7.73. The summed E-state index contributed by atoms with van der Waals surface area (Å²) in [6.07, 6.45) is -7.40. The third-order valence-electron chi connectivity index (χ3n) is 2.04. The molecule has 9 heteroatoms. The van der Waals surface area contributed by atoms with Crippen LogP contribution in [0, 0.1) is 6.92 Å². The van der Waals surface area contributed by atoms with Crippen molar-refractivity contribution in [3.05, 3.63) is 11.4 Å². The van der Waals surface area contributed by atoms with Gasteiger partial charge in [0.15, 0.2) is 11.8 Å². The molecule has 0 radical (unpaired) electrons. The van der Waals surface area contributed by atoms with E-state index in [9.17, 15) is 18.0 Å². The molecule has 96 valence electrons. The number of nitrogens with one attached hydrogen (secondary N) is 2. The van der Waals surface area contributed by atoms with E-state index >= 15 is 0 Å². The molecule has 1 unspecified atom stereocenters. The molecular weight excluding hydrogens is 241 g/mol. The Kier molecular flexibility index (Phi) is 3.61. The third kappa shape index (κ3) is 3.09. The second kappa shape index (κ2) is 4.62. The number of carbonyl (C=O) groups is 1. The maximum Gasteiger partial charge on any atom is 0.416 e. The summed E-state index contributed by atoms with van der Waals surface area (Å²) in [6.45, 7) is 0.608. The predicted octanol–water partition coefficient (Wildman–Crippen LogP) is -0.0467. The molecule has 0 spiro atoms. The quantitative estimate of drug-likeness (QED) is 0.605. The zero-order valence-electron chi connectivity index (χ0n) is 8.80. The highest BCUT2D eigenvalue weighted by Crippen LogP contribution is 2.19. The Morgan fingerprint density at radius 1 is 1.65 bits per heavy atom. The number of hydrogen-bond acceptors (Lipinski definition) is 4. The Balaban J connectivity index is 2.60. The summed E-state index contributed by atoms with van der Waals surface area (Å²) < 4.78 is 35.8. The number of H-pyrrole nitrogens is 1. The number of anilines is 1. The van der Waals surface area contributed by atoms with Crippen LogP contribution in [0.5, 0.6) is 0 Å². The predicted molar refractivity (Wildman–Crippen MR) is 52.1 cm³/mol. The second-order valence-corrected chi connectivity index (χ2v) is 3.38. The van der Waals surface area contributed by atoms with Crippen molar-refractivity contribution in [2.45, 2.75) is 19.2 Å². The van der Waals surface area contributed by atoms with Crippen LogP contribution in [0.4, 0.5) is 18.9 Å². The van der Waals surface area contributed by atoms with Gasteiger partial charge in [-0.05, 0) is 6.92 Å². The number of halogens is 3. The van der Waals surface area contributed by atoms with Crippen LogP contribution in [-0.2, 0) is 0 Å². The van der Waals surface area contributed by atoms with E-state index in [0.29, 0.717) is 5.69 Å². The summed E-state index contributed by atoms with van der Waals surface area (Å²) in [5.41, 5.74) is 5.75. The Bertz CT molecular complexity index is 415. The SMILES string of the molecule is Cc1[nH]nc(C(=O)NCC(O)C(F)(F)F)c1N. The number of aromatic amines is 1. The van der Waals surface area contributed by atoms with Gasteiger partial charge in [0.2, 0.25) is 0 Å². The van der Waals surface area contributed by atoms with Crippen molar-refractivity contribution in [3.63, 3.8) is 0 Å². The molecule has 0 aliphatic heterocycles. The molecule has 17 heavy (non-hydrogen) atoms. The normalized spacial score (nSPS) is 13.5. The largest absolute Gasteiger partial charge is 0.416 e. The smallest absolute Gasteiger partial charge is 0.395 e. The van der Waals surface area contributed by atoms with E-state index in [1.54, 1.807) is 6.92 Å². The fourth-order valence-electron chi connectivity index (χ4n) is 1.000. The average molecular weight is 252 g/mol.